The largest absolute Gasteiger partial charge is 0.492 e. The van der Waals surface area contributed by atoms with Gasteiger partial charge in [-0.15, -0.1) is 6.42 Å². The van der Waals surface area contributed by atoms with Gasteiger partial charge in [-0.25, -0.2) is 8.78 Å². The lowest BCUT2D eigenvalue weighted by Gasteiger charge is -2.07. The van der Waals surface area contributed by atoms with Gasteiger partial charge in [-0.3, -0.25) is 4.79 Å². The molecular weight excluding hydrogens is 358 g/mol. The number of rotatable bonds is 4. The first-order chi connectivity index (χ1) is 12.6. The van der Waals surface area contributed by atoms with Crippen LogP contribution in [0.3, 0.4) is 0 Å². The molecule has 0 radical (unpaired) electrons. The first-order valence-corrected chi connectivity index (χ1v) is 8.60. The lowest BCUT2D eigenvalue weighted by molar-refractivity contribution is 0.0990. The summed E-state index contributed by atoms with van der Waals surface area (Å²) >= 11 is 1.19. The van der Waals surface area contributed by atoms with Crippen molar-refractivity contribution in [2.75, 3.05) is 6.61 Å². The Balaban J connectivity index is 2.23. The molecule has 1 heterocycles. The van der Waals surface area contributed by atoms with E-state index in [0.29, 0.717) is 17.9 Å². The Morgan fingerprint density at radius 2 is 1.96 bits per heavy atom. The number of hydrogen-bond donors (Lipinski definition) is 0. The molecule has 0 N–H and O–H groups in total. The van der Waals surface area contributed by atoms with E-state index in [1.807, 2.05) is 19.1 Å². The Bertz CT molecular complexity index is 1070. The number of hydrogen-bond acceptors (Lipinski definition) is 3. The molecule has 0 aliphatic carbocycles. The van der Waals surface area contributed by atoms with Gasteiger partial charge in [0.25, 0.3) is 5.91 Å². The Morgan fingerprint density at radius 1 is 1.27 bits per heavy atom. The number of nitrogens with zero attached hydrogens (tertiary/aromatic N) is 2. The summed E-state index contributed by atoms with van der Waals surface area (Å²) < 4.78 is 35.7. The molecule has 3 rings (SSSR count). The van der Waals surface area contributed by atoms with Crippen molar-refractivity contribution in [3.05, 3.63) is 58.4 Å². The van der Waals surface area contributed by atoms with Crippen LogP contribution in [-0.4, -0.2) is 17.1 Å². The molecule has 0 aliphatic rings. The first kappa shape index (κ1) is 17.8. The third-order valence-corrected chi connectivity index (χ3v) is 4.63. The number of benzene rings is 2. The fourth-order valence-corrected chi connectivity index (χ4v) is 3.58. The van der Waals surface area contributed by atoms with Crippen molar-refractivity contribution in [3.63, 3.8) is 0 Å². The summed E-state index contributed by atoms with van der Waals surface area (Å²) in [6.07, 6.45) is 5.44. The van der Waals surface area contributed by atoms with Crippen LogP contribution in [0.1, 0.15) is 17.3 Å². The number of thiazole rings is 1. The second kappa shape index (κ2) is 7.50. The molecule has 0 bridgehead atoms. The molecule has 0 saturated heterocycles. The van der Waals surface area contributed by atoms with Crippen molar-refractivity contribution in [3.8, 4) is 18.1 Å². The van der Waals surface area contributed by atoms with Gasteiger partial charge in [0.1, 0.15) is 28.5 Å². The van der Waals surface area contributed by atoms with Crippen molar-refractivity contribution in [2.45, 2.75) is 13.5 Å². The van der Waals surface area contributed by atoms with E-state index < -0.39 is 23.1 Å². The lowest BCUT2D eigenvalue weighted by atomic mass is 10.2. The highest BCUT2D eigenvalue weighted by atomic mass is 32.1. The second-order valence-corrected chi connectivity index (χ2v) is 6.23. The van der Waals surface area contributed by atoms with E-state index in [1.54, 1.807) is 10.6 Å². The van der Waals surface area contributed by atoms with E-state index in [9.17, 15) is 13.6 Å². The fraction of sp³-hybridized carbons (Fsp3) is 0.158. The number of terminal acetylenes is 1. The molecule has 1 aromatic heterocycles. The summed E-state index contributed by atoms with van der Waals surface area (Å²) in [6, 6.07) is 8.65. The molecule has 7 heteroatoms. The van der Waals surface area contributed by atoms with Gasteiger partial charge in [-0.05, 0) is 31.2 Å². The summed E-state index contributed by atoms with van der Waals surface area (Å²) in [6.45, 7) is 2.44. The predicted octanol–water partition coefficient (Wildman–Crippen LogP) is 3.75. The maximum atomic E-state index is 13.8. The van der Waals surface area contributed by atoms with Crippen molar-refractivity contribution >= 4 is 27.5 Å². The van der Waals surface area contributed by atoms with Crippen LogP contribution in [0.15, 0.2) is 41.4 Å². The van der Waals surface area contributed by atoms with Crippen LogP contribution in [0.5, 0.6) is 5.75 Å². The highest BCUT2D eigenvalue weighted by molar-refractivity contribution is 7.16. The van der Waals surface area contributed by atoms with E-state index in [4.69, 9.17) is 11.2 Å². The van der Waals surface area contributed by atoms with Crippen molar-refractivity contribution in [2.24, 2.45) is 4.99 Å². The molecule has 4 nitrogen and oxygen atoms in total. The van der Waals surface area contributed by atoms with E-state index in [0.717, 1.165) is 16.8 Å². The highest BCUT2D eigenvalue weighted by Crippen LogP contribution is 2.27. The van der Waals surface area contributed by atoms with Crippen molar-refractivity contribution < 1.29 is 18.3 Å². The summed E-state index contributed by atoms with van der Waals surface area (Å²) in [5.41, 5.74) is 0.0000935. The summed E-state index contributed by atoms with van der Waals surface area (Å²) in [5, 5.41) is 0. The zero-order valence-corrected chi connectivity index (χ0v) is 14.6. The maximum absolute atomic E-state index is 13.8. The maximum Gasteiger partial charge on any atom is 0.285 e. The number of amides is 1. The van der Waals surface area contributed by atoms with Crippen LogP contribution in [-0.2, 0) is 6.54 Å². The molecule has 2 aromatic carbocycles. The smallest absolute Gasteiger partial charge is 0.285 e. The van der Waals surface area contributed by atoms with E-state index in [-0.39, 0.29) is 11.3 Å². The SMILES string of the molecule is C#CCn1c(=NC(=O)c2c(F)cccc2F)sc2cccc(OCC)c21. The Kier molecular flexibility index (Phi) is 5.14. The summed E-state index contributed by atoms with van der Waals surface area (Å²) in [5.74, 6) is 0.178. The van der Waals surface area contributed by atoms with Crippen LogP contribution in [0.4, 0.5) is 8.78 Å². The molecule has 26 heavy (non-hydrogen) atoms. The van der Waals surface area contributed by atoms with Crippen LogP contribution >= 0.6 is 11.3 Å². The van der Waals surface area contributed by atoms with Gasteiger partial charge < -0.3 is 9.30 Å². The minimum atomic E-state index is -1.00. The molecule has 0 atom stereocenters. The number of fused-ring (bicyclic) bond motifs is 1. The monoisotopic (exact) mass is 372 g/mol. The Hall–Kier alpha value is -2.98. The van der Waals surface area contributed by atoms with E-state index >= 15 is 0 Å². The molecule has 0 unspecified atom stereocenters. The van der Waals surface area contributed by atoms with Gasteiger partial charge in [-0.1, -0.05) is 29.4 Å². The van der Waals surface area contributed by atoms with Gasteiger partial charge in [0, 0.05) is 0 Å². The third kappa shape index (κ3) is 3.24. The zero-order valence-electron chi connectivity index (χ0n) is 13.8. The minimum absolute atomic E-state index is 0.135. The molecule has 3 aromatic rings. The normalized spacial score (nSPS) is 11.5. The van der Waals surface area contributed by atoms with Crippen LogP contribution in [0, 0.1) is 24.0 Å². The molecule has 1 amide bonds. The molecular formula is C19H14F2N2O2S. The van der Waals surface area contributed by atoms with Gasteiger partial charge >= 0.3 is 0 Å². The topological polar surface area (TPSA) is 43.6 Å². The number of carbonyl (C=O) groups excluding carboxylic acids is 1. The van der Waals surface area contributed by atoms with Gasteiger partial charge in [0.05, 0.1) is 17.9 Å². The molecule has 132 valence electrons. The van der Waals surface area contributed by atoms with Gasteiger partial charge in [-0.2, -0.15) is 4.99 Å². The Labute approximate surface area is 152 Å². The van der Waals surface area contributed by atoms with E-state index in [1.165, 1.54) is 17.4 Å². The quantitative estimate of drug-likeness (QED) is 0.655. The standard InChI is InChI=1S/C19H14F2N2O2S/c1-3-11-23-17-14(25-4-2)9-6-10-15(17)26-19(23)22-18(24)16-12(20)7-5-8-13(16)21/h1,5-10H,4,11H2,2H3. The van der Waals surface area contributed by atoms with Gasteiger partial charge in [0.2, 0.25) is 0 Å². The number of ether oxygens (including phenoxy) is 1. The number of halogens is 2. The molecule has 0 saturated carbocycles. The predicted molar refractivity (Wildman–Crippen MR) is 96.1 cm³/mol. The Morgan fingerprint density at radius 3 is 2.62 bits per heavy atom. The number of aromatic nitrogens is 1. The zero-order chi connectivity index (χ0) is 18.7. The first-order valence-electron chi connectivity index (χ1n) is 7.78. The van der Waals surface area contributed by atoms with E-state index in [2.05, 4.69) is 10.9 Å². The van der Waals surface area contributed by atoms with Crippen molar-refractivity contribution in [1.82, 2.24) is 4.57 Å². The average Bonchev–Trinajstić information content (AvgIpc) is 2.94. The number of carbonyl (C=O) groups is 1. The molecule has 0 spiro atoms. The number of para-hydroxylation sites is 1. The third-order valence-electron chi connectivity index (χ3n) is 3.59. The van der Waals surface area contributed by atoms with Crippen molar-refractivity contribution in [1.29, 1.82) is 0 Å². The molecule has 0 fully saturated rings. The summed E-state index contributed by atoms with van der Waals surface area (Å²) in [7, 11) is 0. The minimum Gasteiger partial charge on any atom is -0.492 e. The van der Waals surface area contributed by atoms with Crippen LogP contribution < -0.4 is 9.54 Å². The van der Waals surface area contributed by atoms with Gasteiger partial charge in [0.15, 0.2) is 4.80 Å². The second-order valence-electron chi connectivity index (χ2n) is 5.22. The van der Waals surface area contributed by atoms with Crippen LogP contribution in [0.2, 0.25) is 0 Å². The average molecular weight is 372 g/mol. The van der Waals surface area contributed by atoms with Crippen LogP contribution in [0.25, 0.3) is 10.2 Å². The fourth-order valence-electron chi connectivity index (χ4n) is 2.54. The molecule has 0 aliphatic heterocycles. The summed E-state index contributed by atoms with van der Waals surface area (Å²) in [4.78, 5) is 16.5. The highest BCUT2D eigenvalue weighted by Gasteiger charge is 2.18. The lowest BCUT2D eigenvalue weighted by Crippen LogP contribution is -2.17.